The average molecular weight is 402 g/mol. The minimum atomic E-state index is -0.733. The van der Waals surface area contributed by atoms with Crippen LogP contribution in [-0.4, -0.2) is 60.0 Å². The number of rotatable bonds is 4. The minimum absolute atomic E-state index is 0.110. The normalized spacial score (nSPS) is 13.8. The number of nitrogens with zero attached hydrogens (tertiary/aromatic N) is 3. The van der Waals surface area contributed by atoms with E-state index >= 15 is 0 Å². The first kappa shape index (κ1) is 20.2. The molecule has 0 radical (unpaired) electrons. The monoisotopic (exact) mass is 402 g/mol. The van der Waals surface area contributed by atoms with E-state index in [1.165, 1.54) is 25.2 Å². The van der Waals surface area contributed by atoms with Crippen LogP contribution < -0.4 is 15.7 Å². The van der Waals surface area contributed by atoms with Gasteiger partial charge in [0.2, 0.25) is 0 Å². The predicted molar refractivity (Wildman–Crippen MR) is 104 cm³/mol. The lowest BCUT2D eigenvalue weighted by Gasteiger charge is -2.36. The van der Waals surface area contributed by atoms with Crippen molar-refractivity contribution >= 4 is 29.0 Å². The molecule has 10 heteroatoms. The maximum Gasteiger partial charge on any atom is 0.322 e. The van der Waals surface area contributed by atoms with Gasteiger partial charge in [-0.25, -0.2) is 14.7 Å². The molecule has 3 rings (SSSR count). The summed E-state index contributed by atoms with van der Waals surface area (Å²) in [6.45, 7) is 1.54. The first-order valence-electron chi connectivity index (χ1n) is 8.95. The Hall–Kier alpha value is -3.53. The Morgan fingerprint density at radius 3 is 2.41 bits per heavy atom. The van der Waals surface area contributed by atoms with E-state index in [4.69, 9.17) is 5.21 Å². The second-order valence-corrected chi connectivity index (χ2v) is 6.52. The highest BCUT2D eigenvalue weighted by atomic mass is 19.1. The lowest BCUT2D eigenvalue weighted by Crippen LogP contribution is -2.50. The second kappa shape index (κ2) is 8.65. The summed E-state index contributed by atoms with van der Waals surface area (Å²) in [7, 11) is 1.31. The van der Waals surface area contributed by atoms with E-state index in [2.05, 4.69) is 5.32 Å². The summed E-state index contributed by atoms with van der Waals surface area (Å²) >= 11 is 0. The summed E-state index contributed by atoms with van der Waals surface area (Å²) in [5, 5.41) is 11.6. The molecule has 1 aliphatic heterocycles. The predicted octanol–water partition coefficient (Wildman–Crippen LogP) is 2.34. The smallest absolute Gasteiger partial charge is 0.322 e. The number of benzene rings is 2. The van der Waals surface area contributed by atoms with E-state index in [0.29, 0.717) is 36.6 Å². The SMILES string of the molecule is C[N+](=O)c1ccc(N2CCN(C(=O)Nc3ccccc3F)CC2)c(C(=O)NO)c1. The fraction of sp³-hybridized carbons (Fsp3) is 0.263. The van der Waals surface area contributed by atoms with Gasteiger partial charge in [-0.15, -0.1) is 0 Å². The molecule has 1 aliphatic rings. The second-order valence-electron chi connectivity index (χ2n) is 6.52. The molecule has 0 aliphatic carbocycles. The standard InChI is InChI=1S/C19H20FN5O4/c1-23(29)13-6-7-17(14(12-13)18(26)22-28)24-8-10-25(11-9-24)19(27)21-16-5-3-2-4-15(16)20/h2-7,12H,8-11H2,1H3,(H2-,21,22,26,27,28)/p+1. The van der Waals surface area contributed by atoms with E-state index in [1.807, 2.05) is 4.90 Å². The van der Waals surface area contributed by atoms with Crippen LogP contribution in [0.1, 0.15) is 10.4 Å². The topological polar surface area (TPSA) is 105 Å². The van der Waals surface area contributed by atoms with Crippen molar-refractivity contribution in [3.05, 3.63) is 58.8 Å². The lowest BCUT2D eigenvalue weighted by molar-refractivity contribution is -0.428. The van der Waals surface area contributed by atoms with Crippen LogP contribution in [0.2, 0.25) is 0 Å². The molecule has 9 nitrogen and oxygen atoms in total. The van der Waals surface area contributed by atoms with Gasteiger partial charge in [0.15, 0.2) is 7.05 Å². The third-order valence-corrected chi connectivity index (χ3v) is 4.71. The molecular weight excluding hydrogens is 381 g/mol. The first-order chi connectivity index (χ1) is 13.9. The summed E-state index contributed by atoms with van der Waals surface area (Å²) in [5.74, 6) is -1.24. The summed E-state index contributed by atoms with van der Waals surface area (Å²) in [6, 6.07) is 10.1. The van der Waals surface area contributed by atoms with Gasteiger partial charge in [-0.1, -0.05) is 12.1 Å². The molecule has 2 aromatic carbocycles. The van der Waals surface area contributed by atoms with Crippen molar-refractivity contribution in [2.75, 3.05) is 43.4 Å². The molecule has 152 valence electrons. The highest BCUT2D eigenvalue weighted by Crippen LogP contribution is 2.26. The Morgan fingerprint density at radius 1 is 1.10 bits per heavy atom. The summed E-state index contributed by atoms with van der Waals surface area (Å²) < 4.78 is 14.3. The maximum atomic E-state index is 13.7. The Bertz CT molecular complexity index is 944. The molecular formula is C19H21FN5O4+. The third kappa shape index (κ3) is 4.49. The maximum absolute atomic E-state index is 13.7. The molecule has 29 heavy (non-hydrogen) atoms. The van der Waals surface area contributed by atoms with Gasteiger partial charge in [0.25, 0.3) is 11.6 Å². The van der Waals surface area contributed by atoms with Crippen LogP contribution >= 0.6 is 0 Å². The van der Waals surface area contributed by atoms with Crippen molar-refractivity contribution in [1.82, 2.24) is 10.4 Å². The van der Waals surface area contributed by atoms with E-state index in [-0.39, 0.29) is 16.9 Å². The van der Waals surface area contributed by atoms with Gasteiger partial charge in [-0.2, -0.15) is 0 Å². The number of piperazine rings is 1. The fourth-order valence-electron chi connectivity index (χ4n) is 3.15. The summed E-state index contributed by atoms with van der Waals surface area (Å²) in [6.07, 6.45) is 0. The fourth-order valence-corrected chi connectivity index (χ4v) is 3.15. The lowest BCUT2D eigenvalue weighted by atomic mass is 10.1. The van der Waals surface area contributed by atoms with Gasteiger partial charge >= 0.3 is 6.03 Å². The zero-order valence-corrected chi connectivity index (χ0v) is 15.8. The van der Waals surface area contributed by atoms with Gasteiger partial charge < -0.3 is 15.1 Å². The number of hydrogen-bond donors (Lipinski definition) is 3. The van der Waals surface area contributed by atoms with Crippen molar-refractivity contribution in [3.63, 3.8) is 0 Å². The van der Waals surface area contributed by atoms with Crippen LogP contribution in [0.25, 0.3) is 0 Å². The Kier molecular flexibility index (Phi) is 6.03. The zero-order valence-electron chi connectivity index (χ0n) is 15.8. The third-order valence-electron chi connectivity index (χ3n) is 4.71. The van der Waals surface area contributed by atoms with E-state index < -0.39 is 17.8 Å². The van der Waals surface area contributed by atoms with Gasteiger partial charge in [0.05, 0.1) is 16.9 Å². The number of nitrogens with one attached hydrogen (secondary N) is 2. The molecule has 3 amide bonds. The number of nitroso groups, excluding NO2 is 1. The van der Waals surface area contributed by atoms with E-state index in [9.17, 15) is 18.9 Å². The average Bonchev–Trinajstić information content (AvgIpc) is 2.74. The minimum Gasteiger partial charge on any atom is -0.367 e. The number of hydroxylamine groups is 1. The molecule has 0 atom stereocenters. The Labute approximate surface area is 166 Å². The zero-order chi connectivity index (χ0) is 21.0. The molecule has 0 unspecified atom stereocenters. The Morgan fingerprint density at radius 2 is 1.79 bits per heavy atom. The van der Waals surface area contributed by atoms with Crippen molar-refractivity contribution in [2.24, 2.45) is 0 Å². The molecule has 1 heterocycles. The van der Waals surface area contributed by atoms with Crippen molar-refractivity contribution < 1.29 is 23.9 Å². The number of urea groups is 1. The molecule has 0 aromatic heterocycles. The number of carbonyl (C=O) groups excluding carboxylic acids is 2. The molecule has 1 fully saturated rings. The van der Waals surface area contributed by atoms with E-state index in [0.717, 1.165) is 0 Å². The summed E-state index contributed by atoms with van der Waals surface area (Å²) in [4.78, 5) is 39.4. The molecule has 0 saturated carbocycles. The first-order valence-corrected chi connectivity index (χ1v) is 8.95. The van der Waals surface area contributed by atoms with Gasteiger partial charge in [0.1, 0.15) is 5.82 Å². The number of amides is 3. The van der Waals surface area contributed by atoms with Crippen LogP contribution in [0.15, 0.2) is 42.5 Å². The van der Waals surface area contributed by atoms with Gasteiger partial charge in [-0.05, 0) is 18.2 Å². The Balaban J connectivity index is 1.70. The molecule has 3 N–H and O–H groups in total. The van der Waals surface area contributed by atoms with Crippen LogP contribution in [0.3, 0.4) is 0 Å². The number of hydrogen-bond acceptors (Lipinski definition) is 5. The number of carbonyl (C=O) groups is 2. The number of anilines is 2. The highest BCUT2D eigenvalue weighted by molar-refractivity contribution is 6.00. The number of halogens is 1. The largest absolute Gasteiger partial charge is 0.367 e. The number of para-hydroxylation sites is 1. The van der Waals surface area contributed by atoms with Crippen LogP contribution in [0, 0.1) is 10.7 Å². The molecule has 0 bridgehead atoms. The van der Waals surface area contributed by atoms with Crippen molar-refractivity contribution in [3.8, 4) is 0 Å². The van der Waals surface area contributed by atoms with Crippen LogP contribution in [0.5, 0.6) is 0 Å². The summed E-state index contributed by atoms with van der Waals surface area (Å²) in [5.41, 5.74) is 2.66. The van der Waals surface area contributed by atoms with Crippen LogP contribution in [0.4, 0.5) is 26.2 Å². The molecule has 2 aromatic rings. The van der Waals surface area contributed by atoms with Gasteiger partial charge in [0, 0.05) is 48.0 Å². The molecule has 0 spiro atoms. The van der Waals surface area contributed by atoms with Crippen molar-refractivity contribution in [1.29, 1.82) is 0 Å². The van der Waals surface area contributed by atoms with Crippen LogP contribution in [-0.2, 0) is 0 Å². The van der Waals surface area contributed by atoms with Gasteiger partial charge in [-0.3, -0.25) is 10.0 Å². The molecule has 1 saturated heterocycles. The highest BCUT2D eigenvalue weighted by Gasteiger charge is 2.26. The van der Waals surface area contributed by atoms with Crippen molar-refractivity contribution in [2.45, 2.75) is 0 Å². The quantitative estimate of drug-likeness (QED) is 0.414. The van der Waals surface area contributed by atoms with E-state index in [1.54, 1.807) is 34.6 Å².